The van der Waals surface area contributed by atoms with E-state index in [0.717, 1.165) is 16.8 Å². The Kier molecular flexibility index (Phi) is 4.03. The molecular weight excluding hydrogens is 226 g/mol. The molecule has 0 radical (unpaired) electrons. The molecule has 96 valence electrons. The van der Waals surface area contributed by atoms with E-state index in [2.05, 4.69) is 5.92 Å². The van der Waals surface area contributed by atoms with Crippen LogP contribution in [0, 0.1) is 19.3 Å². The molecule has 0 saturated carbocycles. The maximum atomic E-state index is 12.0. The molecule has 0 N–H and O–H groups in total. The molecule has 0 aliphatic carbocycles. The van der Waals surface area contributed by atoms with Gasteiger partial charge in [0, 0.05) is 12.6 Å². The monoisotopic (exact) mass is 245 g/mol. The highest BCUT2D eigenvalue weighted by atomic mass is 16.6. The van der Waals surface area contributed by atoms with E-state index in [1.54, 1.807) is 7.05 Å². The quantitative estimate of drug-likeness (QED) is 0.710. The van der Waals surface area contributed by atoms with Crippen molar-refractivity contribution >= 4 is 11.8 Å². The molecule has 0 atom stereocenters. The number of anilines is 1. The predicted octanol–water partition coefficient (Wildman–Crippen LogP) is 3.35. The Hall–Kier alpha value is -1.95. The molecule has 0 bridgehead atoms. The van der Waals surface area contributed by atoms with Crippen LogP contribution in [0.5, 0.6) is 0 Å². The lowest BCUT2D eigenvalue weighted by Crippen LogP contribution is -2.34. The van der Waals surface area contributed by atoms with Gasteiger partial charge in [-0.1, -0.05) is 12.0 Å². The van der Waals surface area contributed by atoms with Crippen LogP contribution >= 0.6 is 0 Å². The topological polar surface area (TPSA) is 29.5 Å². The molecule has 0 fully saturated rings. The molecule has 3 nitrogen and oxygen atoms in total. The summed E-state index contributed by atoms with van der Waals surface area (Å²) in [6, 6.07) is 5.53. The molecule has 0 aliphatic heterocycles. The van der Waals surface area contributed by atoms with Crippen molar-refractivity contribution in [1.29, 1.82) is 0 Å². The lowest BCUT2D eigenvalue weighted by atomic mass is 10.1. The van der Waals surface area contributed by atoms with Crippen molar-refractivity contribution in [3.8, 4) is 12.3 Å². The van der Waals surface area contributed by atoms with Crippen molar-refractivity contribution in [2.45, 2.75) is 33.3 Å². The molecule has 0 saturated heterocycles. The van der Waals surface area contributed by atoms with Crippen molar-refractivity contribution in [3.63, 3.8) is 0 Å². The lowest BCUT2D eigenvalue weighted by molar-refractivity contribution is 0.0589. The molecule has 1 rings (SSSR count). The lowest BCUT2D eigenvalue weighted by Gasteiger charge is -2.25. The van der Waals surface area contributed by atoms with Crippen molar-refractivity contribution < 1.29 is 9.53 Å². The molecule has 18 heavy (non-hydrogen) atoms. The summed E-state index contributed by atoms with van der Waals surface area (Å²) < 4.78 is 5.32. The highest BCUT2D eigenvalue weighted by Crippen LogP contribution is 2.23. The van der Waals surface area contributed by atoms with E-state index < -0.39 is 5.60 Å². The van der Waals surface area contributed by atoms with Crippen LogP contribution in [-0.4, -0.2) is 18.7 Å². The normalized spacial score (nSPS) is 10.7. The van der Waals surface area contributed by atoms with Crippen LogP contribution in [0.3, 0.4) is 0 Å². The van der Waals surface area contributed by atoms with E-state index in [1.807, 2.05) is 45.9 Å². The minimum Gasteiger partial charge on any atom is -0.443 e. The van der Waals surface area contributed by atoms with E-state index >= 15 is 0 Å². The highest BCUT2D eigenvalue weighted by Gasteiger charge is 2.21. The number of benzene rings is 1. The molecule has 0 aliphatic rings. The summed E-state index contributed by atoms with van der Waals surface area (Å²) >= 11 is 0. The van der Waals surface area contributed by atoms with E-state index in [0.29, 0.717) is 0 Å². The number of amides is 1. The molecule has 1 aromatic carbocycles. The zero-order valence-corrected chi connectivity index (χ0v) is 11.6. The maximum Gasteiger partial charge on any atom is 0.414 e. The van der Waals surface area contributed by atoms with E-state index in [9.17, 15) is 4.79 Å². The molecule has 0 aromatic heterocycles. The first-order chi connectivity index (χ1) is 8.26. The third kappa shape index (κ3) is 3.27. The second-order valence-electron chi connectivity index (χ2n) is 5.13. The smallest absolute Gasteiger partial charge is 0.414 e. The average Bonchev–Trinajstić information content (AvgIpc) is 2.26. The molecule has 1 aromatic rings. The van der Waals surface area contributed by atoms with E-state index in [1.165, 1.54) is 4.90 Å². The Morgan fingerprint density at radius 3 is 2.50 bits per heavy atom. The predicted molar refractivity (Wildman–Crippen MR) is 73.8 cm³/mol. The minimum absolute atomic E-state index is 0.389. The number of rotatable bonds is 1. The second-order valence-corrected chi connectivity index (χ2v) is 5.13. The van der Waals surface area contributed by atoms with E-state index in [4.69, 9.17) is 11.2 Å². The fraction of sp³-hybridized carbons (Fsp3) is 0.400. The zero-order valence-electron chi connectivity index (χ0n) is 11.6. The van der Waals surface area contributed by atoms with Gasteiger partial charge in [-0.15, -0.1) is 6.42 Å². The summed E-state index contributed by atoms with van der Waals surface area (Å²) in [6.07, 6.45) is 5.02. The van der Waals surface area contributed by atoms with Crippen LogP contribution in [0.1, 0.15) is 31.9 Å². The van der Waals surface area contributed by atoms with Crippen LogP contribution in [0.4, 0.5) is 10.5 Å². The fourth-order valence-electron chi connectivity index (χ4n) is 1.57. The Morgan fingerprint density at radius 2 is 2.00 bits per heavy atom. The van der Waals surface area contributed by atoms with Crippen molar-refractivity contribution in [1.82, 2.24) is 0 Å². The van der Waals surface area contributed by atoms with Crippen molar-refractivity contribution in [3.05, 3.63) is 29.3 Å². The van der Waals surface area contributed by atoms with Gasteiger partial charge in [-0.05, 0) is 45.4 Å². The molecule has 0 heterocycles. The summed E-state index contributed by atoms with van der Waals surface area (Å²) in [5, 5.41) is 0. The third-order valence-electron chi connectivity index (χ3n) is 2.49. The van der Waals surface area contributed by atoms with Crippen LogP contribution in [0.15, 0.2) is 18.2 Å². The summed E-state index contributed by atoms with van der Waals surface area (Å²) in [7, 11) is 1.68. The van der Waals surface area contributed by atoms with Gasteiger partial charge in [0.2, 0.25) is 0 Å². The van der Waals surface area contributed by atoms with Crippen LogP contribution in [0.2, 0.25) is 0 Å². The first-order valence-electron chi connectivity index (χ1n) is 5.79. The Morgan fingerprint density at radius 1 is 1.39 bits per heavy atom. The van der Waals surface area contributed by atoms with Gasteiger partial charge in [0.1, 0.15) is 5.60 Å². The number of terminal acetylenes is 1. The van der Waals surface area contributed by atoms with E-state index in [-0.39, 0.29) is 6.09 Å². The summed E-state index contributed by atoms with van der Waals surface area (Å²) in [5.41, 5.74) is 1.93. The number of hydrogen-bond acceptors (Lipinski definition) is 2. The Bertz CT molecular complexity index is 492. The van der Waals surface area contributed by atoms with Gasteiger partial charge in [-0.3, -0.25) is 4.90 Å². The second kappa shape index (κ2) is 5.14. The Labute approximate surface area is 109 Å². The van der Waals surface area contributed by atoms with Gasteiger partial charge < -0.3 is 4.74 Å². The SMILES string of the molecule is C#Cc1cccc(N(C)C(=O)OC(C)(C)C)c1C. The van der Waals surface area contributed by atoms with Gasteiger partial charge in [-0.25, -0.2) is 4.79 Å². The maximum absolute atomic E-state index is 12.0. The standard InChI is InChI=1S/C15H19NO2/c1-7-12-9-8-10-13(11(12)2)16(6)14(17)18-15(3,4)5/h1,8-10H,2-6H3. The summed E-state index contributed by atoms with van der Waals surface area (Å²) in [4.78, 5) is 13.4. The van der Waals surface area contributed by atoms with Crippen molar-refractivity contribution in [2.75, 3.05) is 11.9 Å². The zero-order chi connectivity index (χ0) is 13.9. The average molecular weight is 245 g/mol. The summed E-state index contributed by atoms with van der Waals surface area (Å²) in [5.74, 6) is 2.60. The van der Waals surface area contributed by atoms with Crippen molar-refractivity contribution in [2.24, 2.45) is 0 Å². The number of nitrogens with zero attached hydrogens (tertiary/aromatic N) is 1. The number of carbonyl (C=O) groups excluding carboxylic acids is 1. The van der Waals surface area contributed by atoms with Gasteiger partial charge in [0.15, 0.2) is 0 Å². The largest absolute Gasteiger partial charge is 0.443 e. The van der Waals surface area contributed by atoms with Gasteiger partial charge in [-0.2, -0.15) is 0 Å². The van der Waals surface area contributed by atoms with Crippen LogP contribution in [0.25, 0.3) is 0 Å². The molecule has 1 amide bonds. The third-order valence-corrected chi connectivity index (χ3v) is 2.49. The molecule has 3 heteroatoms. The first-order valence-corrected chi connectivity index (χ1v) is 5.79. The van der Waals surface area contributed by atoms with Gasteiger partial charge in [0.25, 0.3) is 0 Å². The number of hydrogen-bond donors (Lipinski definition) is 0. The first kappa shape index (κ1) is 14.1. The van der Waals surface area contributed by atoms with Gasteiger partial charge in [0.05, 0.1) is 5.69 Å². The molecule has 0 spiro atoms. The van der Waals surface area contributed by atoms with Crippen LogP contribution < -0.4 is 4.90 Å². The summed E-state index contributed by atoms with van der Waals surface area (Å²) in [6.45, 7) is 7.40. The fourth-order valence-corrected chi connectivity index (χ4v) is 1.57. The Balaban J connectivity index is 3.02. The highest BCUT2D eigenvalue weighted by molar-refractivity contribution is 5.88. The number of ether oxygens (including phenoxy) is 1. The molecule has 0 unspecified atom stereocenters. The number of carbonyl (C=O) groups is 1. The molecular formula is C15H19NO2. The minimum atomic E-state index is -0.511. The van der Waals surface area contributed by atoms with Crippen LogP contribution in [-0.2, 0) is 4.74 Å². The van der Waals surface area contributed by atoms with Gasteiger partial charge >= 0.3 is 6.09 Å².